The molecule has 24 heavy (non-hydrogen) atoms. The van der Waals surface area contributed by atoms with E-state index in [-0.39, 0.29) is 31.2 Å². The Balaban J connectivity index is 1.53. The number of carbonyl (C=O) groups excluding carboxylic acids is 2. The van der Waals surface area contributed by atoms with Crippen LogP contribution < -0.4 is 0 Å². The van der Waals surface area contributed by atoms with Crippen molar-refractivity contribution in [3.63, 3.8) is 0 Å². The molecule has 0 bridgehead atoms. The molecule has 0 aliphatic carbocycles. The molecule has 0 spiro atoms. The zero-order chi connectivity index (χ0) is 17.0. The first-order valence-electron chi connectivity index (χ1n) is 7.98. The molecule has 5 nitrogen and oxygen atoms in total. The van der Waals surface area contributed by atoms with Crippen LogP contribution in [-0.2, 0) is 11.2 Å². The van der Waals surface area contributed by atoms with Gasteiger partial charge in [0.25, 0.3) is 5.91 Å². The molecule has 0 saturated carbocycles. The van der Waals surface area contributed by atoms with Gasteiger partial charge in [0.05, 0.1) is 6.54 Å². The number of aryl methyl sites for hydroxylation is 1. The van der Waals surface area contributed by atoms with Crippen LogP contribution in [0.15, 0.2) is 18.3 Å². The maximum absolute atomic E-state index is 13.6. The number of nitrogens with one attached hydrogen (secondary N) is 1. The van der Waals surface area contributed by atoms with Crippen molar-refractivity contribution < 1.29 is 18.4 Å². The van der Waals surface area contributed by atoms with Crippen molar-refractivity contribution in [3.05, 3.63) is 35.3 Å². The van der Waals surface area contributed by atoms with E-state index in [1.807, 2.05) is 0 Å². The number of alkyl halides is 1. The number of benzene rings is 1. The Morgan fingerprint density at radius 1 is 1.33 bits per heavy atom. The lowest BCUT2D eigenvalue weighted by molar-refractivity contribution is -0.128. The van der Waals surface area contributed by atoms with Crippen LogP contribution in [0.5, 0.6) is 0 Å². The zero-order valence-corrected chi connectivity index (χ0v) is 13.2. The van der Waals surface area contributed by atoms with Crippen LogP contribution in [0.3, 0.4) is 0 Å². The van der Waals surface area contributed by atoms with Gasteiger partial charge in [-0.25, -0.2) is 13.6 Å². The average molecular weight is 333 g/mol. The van der Waals surface area contributed by atoms with Gasteiger partial charge in [-0.3, -0.25) is 9.69 Å². The van der Waals surface area contributed by atoms with Gasteiger partial charge < -0.3 is 9.88 Å². The van der Waals surface area contributed by atoms with Crippen molar-refractivity contribution in [1.29, 1.82) is 0 Å². The lowest BCUT2D eigenvalue weighted by atomic mass is 10.1. The molecule has 0 radical (unpaired) electrons. The van der Waals surface area contributed by atoms with Gasteiger partial charge in [-0.1, -0.05) is 0 Å². The smallest absolute Gasteiger partial charge is 0.327 e. The summed E-state index contributed by atoms with van der Waals surface area (Å²) >= 11 is 0. The van der Waals surface area contributed by atoms with Crippen molar-refractivity contribution in [1.82, 2.24) is 14.8 Å². The predicted molar refractivity (Wildman–Crippen MR) is 83.8 cm³/mol. The van der Waals surface area contributed by atoms with E-state index in [0.29, 0.717) is 17.5 Å². The third kappa shape index (κ3) is 2.18. The number of imide groups is 1. The lowest BCUT2D eigenvalue weighted by Crippen LogP contribution is -2.35. The number of carbonyl (C=O) groups is 2. The summed E-state index contributed by atoms with van der Waals surface area (Å²) < 4.78 is 27.0. The summed E-state index contributed by atoms with van der Waals surface area (Å²) in [6.45, 7) is 1.93. The number of hydrogen-bond donors (Lipinski definition) is 1. The normalized spacial score (nSPS) is 23.6. The number of aromatic amines is 1. The quantitative estimate of drug-likeness (QED) is 0.878. The van der Waals surface area contributed by atoms with Crippen LogP contribution in [0.25, 0.3) is 10.9 Å². The van der Waals surface area contributed by atoms with E-state index < -0.39 is 18.2 Å². The number of fused-ring (bicyclic) bond motifs is 2. The van der Waals surface area contributed by atoms with Crippen LogP contribution in [0.4, 0.5) is 13.6 Å². The van der Waals surface area contributed by atoms with Crippen LogP contribution in [0, 0.1) is 12.7 Å². The molecule has 3 heterocycles. The maximum Gasteiger partial charge on any atom is 0.327 e. The van der Waals surface area contributed by atoms with Crippen molar-refractivity contribution in [2.24, 2.45) is 0 Å². The standard InChI is InChI=1S/C17H17F2N3O2/c1-9-4-12-10(7-20-14(12)6-13(9)19)2-3-21-16(23)15-5-11(18)8-22(15)17(21)24/h4,6-7,11,15,20H,2-3,5,8H2,1H3/t11-,15-/m0/s1. The number of aromatic nitrogens is 1. The largest absolute Gasteiger partial charge is 0.361 e. The number of urea groups is 1. The van der Waals surface area contributed by atoms with Gasteiger partial charge in [-0.05, 0) is 36.6 Å². The number of hydrogen-bond acceptors (Lipinski definition) is 2. The molecule has 126 valence electrons. The highest BCUT2D eigenvalue weighted by Crippen LogP contribution is 2.30. The molecular weight excluding hydrogens is 316 g/mol. The molecule has 1 N–H and O–H groups in total. The summed E-state index contributed by atoms with van der Waals surface area (Å²) in [7, 11) is 0. The lowest BCUT2D eigenvalue weighted by Gasteiger charge is -2.15. The molecule has 2 aliphatic rings. The Morgan fingerprint density at radius 3 is 2.88 bits per heavy atom. The van der Waals surface area contributed by atoms with E-state index >= 15 is 0 Å². The number of nitrogens with zero attached hydrogens (tertiary/aromatic N) is 2. The monoisotopic (exact) mass is 333 g/mol. The first kappa shape index (κ1) is 15.1. The fourth-order valence-corrected chi connectivity index (χ4v) is 3.61. The number of amides is 3. The van der Waals surface area contributed by atoms with Crippen LogP contribution in [0.2, 0.25) is 0 Å². The van der Waals surface area contributed by atoms with Crippen molar-refractivity contribution in [2.75, 3.05) is 13.1 Å². The number of rotatable bonds is 3. The van der Waals surface area contributed by atoms with E-state index in [1.54, 1.807) is 19.2 Å². The number of halogens is 2. The van der Waals surface area contributed by atoms with E-state index in [2.05, 4.69) is 4.98 Å². The Morgan fingerprint density at radius 2 is 2.12 bits per heavy atom. The molecule has 4 rings (SSSR count). The fourth-order valence-electron chi connectivity index (χ4n) is 3.61. The molecule has 1 aromatic heterocycles. The highest BCUT2D eigenvalue weighted by molar-refractivity contribution is 6.04. The van der Waals surface area contributed by atoms with E-state index in [9.17, 15) is 18.4 Å². The molecule has 0 unspecified atom stereocenters. The van der Waals surface area contributed by atoms with Gasteiger partial charge in [0.2, 0.25) is 0 Å². The molecule has 2 atom stereocenters. The van der Waals surface area contributed by atoms with Gasteiger partial charge in [-0.15, -0.1) is 0 Å². The first-order chi connectivity index (χ1) is 11.5. The minimum atomic E-state index is -1.11. The second-order valence-electron chi connectivity index (χ2n) is 6.48. The highest BCUT2D eigenvalue weighted by Gasteiger charge is 2.50. The van der Waals surface area contributed by atoms with Crippen LogP contribution >= 0.6 is 0 Å². The maximum atomic E-state index is 13.6. The molecule has 7 heteroatoms. The Labute approximate surface area is 137 Å². The van der Waals surface area contributed by atoms with E-state index in [0.717, 1.165) is 10.9 Å². The molecule has 3 amide bonds. The molecule has 1 aromatic carbocycles. The first-order valence-corrected chi connectivity index (χ1v) is 7.98. The van der Waals surface area contributed by atoms with Gasteiger partial charge in [0.15, 0.2) is 0 Å². The summed E-state index contributed by atoms with van der Waals surface area (Å²) in [6.07, 6.45) is 1.22. The van der Waals surface area contributed by atoms with E-state index in [4.69, 9.17) is 0 Å². The van der Waals surface area contributed by atoms with Crippen LogP contribution in [-0.4, -0.2) is 52.0 Å². The van der Waals surface area contributed by atoms with Gasteiger partial charge >= 0.3 is 6.03 Å². The predicted octanol–water partition coefficient (Wildman–Crippen LogP) is 2.53. The topological polar surface area (TPSA) is 56.4 Å². The van der Waals surface area contributed by atoms with Gasteiger partial charge in [0.1, 0.15) is 18.0 Å². The summed E-state index contributed by atoms with van der Waals surface area (Å²) in [6, 6.07) is 2.15. The van der Waals surface area contributed by atoms with E-state index in [1.165, 1.54) is 15.9 Å². The second kappa shape index (κ2) is 5.29. The highest BCUT2D eigenvalue weighted by atomic mass is 19.1. The molecule has 2 aromatic rings. The van der Waals surface area contributed by atoms with Crippen molar-refractivity contribution in [2.45, 2.75) is 32.0 Å². The third-order valence-electron chi connectivity index (χ3n) is 4.93. The average Bonchev–Trinajstić information content (AvgIpc) is 3.16. The van der Waals surface area contributed by atoms with Gasteiger partial charge in [0, 0.05) is 30.1 Å². The Hall–Kier alpha value is -2.44. The van der Waals surface area contributed by atoms with Crippen molar-refractivity contribution in [3.8, 4) is 0 Å². The molecule has 2 saturated heterocycles. The molecular formula is C17H17F2N3O2. The Bertz CT molecular complexity index is 824. The minimum absolute atomic E-state index is 0.00268. The summed E-state index contributed by atoms with van der Waals surface area (Å²) in [5, 5.41) is 0.886. The molecule has 2 aliphatic heterocycles. The van der Waals surface area contributed by atoms with Gasteiger partial charge in [-0.2, -0.15) is 0 Å². The summed E-state index contributed by atoms with van der Waals surface area (Å²) in [5.74, 6) is -0.593. The minimum Gasteiger partial charge on any atom is -0.361 e. The second-order valence-corrected chi connectivity index (χ2v) is 6.48. The van der Waals surface area contributed by atoms with Crippen molar-refractivity contribution >= 4 is 22.8 Å². The van der Waals surface area contributed by atoms with Crippen LogP contribution in [0.1, 0.15) is 17.5 Å². The third-order valence-corrected chi connectivity index (χ3v) is 4.93. The Kier molecular flexibility index (Phi) is 3.33. The summed E-state index contributed by atoms with van der Waals surface area (Å²) in [5.41, 5.74) is 2.16. The molecule has 2 fully saturated rings. The summed E-state index contributed by atoms with van der Waals surface area (Å²) in [4.78, 5) is 30.1. The zero-order valence-electron chi connectivity index (χ0n) is 13.2. The number of H-pyrrole nitrogens is 1. The SMILES string of the molecule is Cc1cc2c(CCN3C(=O)[C@@H]4C[C@H](F)CN4C3=O)c[nH]c2cc1F. The fraction of sp³-hybridized carbons (Fsp3) is 0.412.